The monoisotopic (exact) mass is 463 g/mol. The van der Waals surface area contributed by atoms with Crippen LogP contribution in [0.4, 0.5) is 0 Å². The number of guanidine groups is 1. The van der Waals surface area contributed by atoms with Crippen LogP contribution in [0.3, 0.4) is 0 Å². The highest BCUT2D eigenvalue weighted by Crippen LogP contribution is 2.15. The molecule has 0 amide bonds. The minimum Gasteiger partial charge on any atom is -0.377 e. The molecule has 6 heteroatoms. The molecule has 0 saturated carbocycles. The molecule has 1 aromatic carbocycles. The summed E-state index contributed by atoms with van der Waals surface area (Å²) in [6, 6.07) is 10.3. The highest BCUT2D eigenvalue weighted by atomic mass is 127. The second-order valence-electron chi connectivity index (χ2n) is 6.36. The van der Waals surface area contributed by atoms with Crippen LogP contribution >= 0.6 is 24.0 Å². The van der Waals surface area contributed by atoms with E-state index < -0.39 is 0 Å². The van der Waals surface area contributed by atoms with Crippen molar-refractivity contribution in [1.29, 1.82) is 0 Å². The number of hydrogen-bond donors (Lipinski definition) is 2. The van der Waals surface area contributed by atoms with E-state index in [2.05, 4.69) is 41.6 Å². The van der Waals surface area contributed by atoms with Gasteiger partial charge in [0.05, 0.1) is 18.2 Å². The quantitative estimate of drug-likeness (QED) is 0.240. The SMILES string of the molecule is CCNC(=NCC(C)(C)OC)NCCCOC(C)c1ccccc1.I. The minimum absolute atomic E-state index is 0. The summed E-state index contributed by atoms with van der Waals surface area (Å²) in [6.07, 6.45) is 1.05. The number of methoxy groups -OCH3 is 1. The predicted octanol–water partition coefficient (Wildman–Crippen LogP) is 3.75. The third-order valence-corrected chi connectivity index (χ3v) is 3.77. The topological polar surface area (TPSA) is 54.9 Å². The number of halogens is 1. The van der Waals surface area contributed by atoms with Crippen LogP contribution in [-0.2, 0) is 9.47 Å². The molecule has 0 aliphatic heterocycles. The number of rotatable bonds is 10. The number of ether oxygens (including phenoxy) is 2. The molecule has 25 heavy (non-hydrogen) atoms. The van der Waals surface area contributed by atoms with E-state index in [-0.39, 0.29) is 35.7 Å². The smallest absolute Gasteiger partial charge is 0.191 e. The van der Waals surface area contributed by atoms with Crippen LogP contribution in [0.5, 0.6) is 0 Å². The average Bonchev–Trinajstić information content (AvgIpc) is 2.60. The average molecular weight is 463 g/mol. The number of hydrogen-bond acceptors (Lipinski definition) is 3. The van der Waals surface area contributed by atoms with Crippen LogP contribution < -0.4 is 10.6 Å². The maximum absolute atomic E-state index is 5.88. The van der Waals surface area contributed by atoms with Crippen LogP contribution in [0.25, 0.3) is 0 Å². The van der Waals surface area contributed by atoms with E-state index in [9.17, 15) is 0 Å². The van der Waals surface area contributed by atoms with Crippen molar-refractivity contribution in [2.75, 3.05) is 33.4 Å². The standard InChI is InChI=1S/C19H33N3O2.HI/c1-6-20-18(22-15-19(3,4)23-5)21-13-10-14-24-16(2)17-11-8-7-9-12-17;/h7-9,11-12,16H,6,10,13-15H2,1-5H3,(H2,20,21,22);1H. The molecule has 1 aromatic rings. The Morgan fingerprint density at radius 2 is 1.88 bits per heavy atom. The summed E-state index contributed by atoms with van der Waals surface area (Å²) in [6.45, 7) is 11.2. The first-order valence-corrected chi connectivity index (χ1v) is 8.72. The summed E-state index contributed by atoms with van der Waals surface area (Å²) in [5.41, 5.74) is 0.957. The molecule has 0 aromatic heterocycles. The molecule has 1 unspecified atom stereocenters. The van der Waals surface area contributed by atoms with Crippen LogP contribution in [0.15, 0.2) is 35.3 Å². The first-order valence-electron chi connectivity index (χ1n) is 8.72. The lowest BCUT2D eigenvalue weighted by Crippen LogP contribution is -2.39. The molecule has 0 spiro atoms. The van der Waals surface area contributed by atoms with Gasteiger partial charge >= 0.3 is 0 Å². The van der Waals surface area contributed by atoms with Gasteiger partial charge in [-0.3, -0.25) is 4.99 Å². The first kappa shape index (κ1) is 24.1. The van der Waals surface area contributed by atoms with Crippen molar-refractivity contribution < 1.29 is 9.47 Å². The first-order chi connectivity index (χ1) is 11.5. The molecule has 0 heterocycles. The van der Waals surface area contributed by atoms with Gasteiger partial charge in [0, 0.05) is 26.8 Å². The minimum atomic E-state index is -0.253. The zero-order valence-electron chi connectivity index (χ0n) is 16.2. The maximum Gasteiger partial charge on any atom is 0.191 e. The molecule has 0 radical (unpaired) electrons. The van der Waals surface area contributed by atoms with Gasteiger partial charge in [-0.25, -0.2) is 0 Å². The van der Waals surface area contributed by atoms with Crippen molar-refractivity contribution in [2.24, 2.45) is 4.99 Å². The highest BCUT2D eigenvalue weighted by molar-refractivity contribution is 14.0. The Balaban J connectivity index is 0.00000576. The van der Waals surface area contributed by atoms with Gasteiger partial charge in [-0.05, 0) is 39.7 Å². The normalized spacial score (nSPS) is 13.1. The van der Waals surface area contributed by atoms with Crippen molar-refractivity contribution >= 4 is 29.9 Å². The Morgan fingerprint density at radius 3 is 2.48 bits per heavy atom. The zero-order chi connectivity index (χ0) is 17.8. The van der Waals surface area contributed by atoms with Gasteiger partial charge in [0.15, 0.2) is 5.96 Å². The van der Waals surface area contributed by atoms with Crippen molar-refractivity contribution in [2.45, 2.75) is 45.8 Å². The molecular formula is C19H34IN3O2. The molecule has 5 nitrogen and oxygen atoms in total. The Kier molecular flexibility index (Phi) is 12.9. The number of aliphatic imine (C=N–C) groups is 1. The molecule has 0 aliphatic carbocycles. The largest absolute Gasteiger partial charge is 0.377 e. The third kappa shape index (κ3) is 10.7. The van der Waals surface area contributed by atoms with E-state index in [0.717, 1.165) is 25.5 Å². The van der Waals surface area contributed by atoms with Crippen molar-refractivity contribution in [3.8, 4) is 0 Å². The Morgan fingerprint density at radius 1 is 1.20 bits per heavy atom. The zero-order valence-corrected chi connectivity index (χ0v) is 18.5. The summed E-state index contributed by atoms with van der Waals surface area (Å²) < 4.78 is 11.3. The summed E-state index contributed by atoms with van der Waals surface area (Å²) in [7, 11) is 1.71. The van der Waals surface area contributed by atoms with Crippen LogP contribution in [0.1, 0.15) is 45.8 Å². The molecule has 1 rings (SSSR count). The van der Waals surface area contributed by atoms with Crippen molar-refractivity contribution in [1.82, 2.24) is 10.6 Å². The lowest BCUT2D eigenvalue weighted by Gasteiger charge is -2.21. The van der Waals surface area contributed by atoms with E-state index in [1.165, 1.54) is 5.56 Å². The lowest BCUT2D eigenvalue weighted by molar-refractivity contribution is 0.0310. The van der Waals surface area contributed by atoms with Crippen LogP contribution in [-0.4, -0.2) is 44.9 Å². The number of benzene rings is 1. The van der Waals surface area contributed by atoms with E-state index in [4.69, 9.17) is 9.47 Å². The second-order valence-corrected chi connectivity index (χ2v) is 6.36. The summed E-state index contributed by atoms with van der Waals surface area (Å²) in [5, 5.41) is 6.58. The number of nitrogens with one attached hydrogen (secondary N) is 2. The van der Waals surface area contributed by atoms with Gasteiger partial charge in [-0.2, -0.15) is 0 Å². The van der Waals surface area contributed by atoms with Gasteiger partial charge in [0.2, 0.25) is 0 Å². The van der Waals surface area contributed by atoms with Gasteiger partial charge in [-0.1, -0.05) is 30.3 Å². The van der Waals surface area contributed by atoms with Crippen molar-refractivity contribution in [3.63, 3.8) is 0 Å². The molecule has 2 N–H and O–H groups in total. The van der Waals surface area contributed by atoms with E-state index >= 15 is 0 Å². The summed E-state index contributed by atoms with van der Waals surface area (Å²) in [4.78, 5) is 4.56. The maximum atomic E-state index is 5.88. The molecule has 0 saturated heterocycles. The van der Waals surface area contributed by atoms with Gasteiger partial charge in [0.25, 0.3) is 0 Å². The van der Waals surface area contributed by atoms with Gasteiger partial charge < -0.3 is 20.1 Å². The summed E-state index contributed by atoms with van der Waals surface area (Å²) in [5.74, 6) is 0.818. The fourth-order valence-electron chi connectivity index (χ4n) is 2.04. The fourth-order valence-corrected chi connectivity index (χ4v) is 2.04. The summed E-state index contributed by atoms with van der Waals surface area (Å²) >= 11 is 0. The molecule has 0 bridgehead atoms. The van der Waals surface area contributed by atoms with Gasteiger partial charge in [-0.15, -0.1) is 24.0 Å². The van der Waals surface area contributed by atoms with E-state index in [1.54, 1.807) is 7.11 Å². The lowest BCUT2D eigenvalue weighted by atomic mass is 10.1. The van der Waals surface area contributed by atoms with Crippen LogP contribution in [0.2, 0.25) is 0 Å². The fraction of sp³-hybridized carbons (Fsp3) is 0.632. The number of nitrogens with zero attached hydrogens (tertiary/aromatic N) is 1. The molecule has 1 atom stereocenters. The second kappa shape index (κ2) is 13.4. The highest BCUT2D eigenvalue weighted by Gasteiger charge is 2.15. The Hall–Kier alpha value is -0.860. The third-order valence-electron chi connectivity index (χ3n) is 3.77. The van der Waals surface area contributed by atoms with E-state index in [0.29, 0.717) is 13.2 Å². The van der Waals surface area contributed by atoms with Crippen LogP contribution in [0, 0.1) is 0 Å². The Labute approximate surface area is 170 Å². The molecule has 144 valence electrons. The Bertz CT molecular complexity index is 481. The van der Waals surface area contributed by atoms with Crippen molar-refractivity contribution in [3.05, 3.63) is 35.9 Å². The molecular weight excluding hydrogens is 429 g/mol. The van der Waals surface area contributed by atoms with Gasteiger partial charge in [0.1, 0.15) is 0 Å². The van der Waals surface area contributed by atoms with E-state index in [1.807, 2.05) is 32.0 Å². The molecule has 0 aliphatic rings. The molecule has 0 fully saturated rings. The predicted molar refractivity (Wildman–Crippen MR) is 116 cm³/mol.